The Morgan fingerprint density at radius 1 is 1.48 bits per heavy atom. The topological polar surface area (TPSA) is 41.6 Å². The third-order valence-corrected chi connectivity index (χ3v) is 3.60. The van der Waals surface area contributed by atoms with Crippen molar-refractivity contribution in [1.29, 1.82) is 0 Å². The van der Waals surface area contributed by atoms with Crippen LogP contribution in [0.15, 0.2) is 24.3 Å². The maximum atomic E-state index is 13.2. The van der Waals surface area contributed by atoms with Crippen LogP contribution >= 0.6 is 0 Å². The van der Waals surface area contributed by atoms with Gasteiger partial charge < -0.3 is 15.0 Å². The molecule has 5 heteroatoms. The first-order valence-electron chi connectivity index (χ1n) is 7.44. The summed E-state index contributed by atoms with van der Waals surface area (Å²) in [6, 6.07) is 6.95. The smallest absolute Gasteiger partial charge is 0.236 e. The van der Waals surface area contributed by atoms with Crippen LogP contribution in [0.4, 0.5) is 4.39 Å². The van der Waals surface area contributed by atoms with E-state index in [0.717, 1.165) is 18.4 Å². The fourth-order valence-corrected chi connectivity index (χ4v) is 2.31. The molecule has 1 aliphatic rings. The lowest BCUT2D eigenvalue weighted by atomic mass is 10.1. The first-order valence-corrected chi connectivity index (χ1v) is 7.44. The highest BCUT2D eigenvalue weighted by atomic mass is 19.1. The summed E-state index contributed by atoms with van der Waals surface area (Å²) < 4.78 is 18.1. The van der Waals surface area contributed by atoms with Crippen LogP contribution < -0.4 is 5.32 Å². The Morgan fingerprint density at radius 2 is 2.29 bits per heavy atom. The number of benzene rings is 1. The molecular formula is C16H23FN2O2. The van der Waals surface area contributed by atoms with Crippen molar-refractivity contribution >= 4 is 5.91 Å². The number of carbonyl (C=O) groups is 1. The van der Waals surface area contributed by atoms with E-state index in [-0.39, 0.29) is 11.7 Å². The third-order valence-electron chi connectivity index (χ3n) is 3.60. The Bertz CT molecular complexity index is 463. The summed E-state index contributed by atoms with van der Waals surface area (Å²) in [5.41, 5.74) is 0.931. The molecule has 0 aliphatic heterocycles. The standard InChI is InChI=1S/C16H23FN2O2/c1-21-10-8-18-12-16(20)19(15-5-6-15)9-7-13-3-2-4-14(17)11-13/h2-4,11,15,18H,5-10,12H2,1H3. The molecule has 1 fully saturated rings. The molecule has 21 heavy (non-hydrogen) atoms. The van der Waals surface area contributed by atoms with Crippen molar-refractivity contribution in [1.82, 2.24) is 10.2 Å². The normalized spacial score (nSPS) is 14.2. The van der Waals surface area contributed by atoms with Gasteiger partial charge in [-0.3, -0.25) is 4.79 Å². The monoisotopic (exact) mass is 294 g/mol. The fourth-order valence-electron chi connectivity index (χ4n) is 2.31. The number of halogens is 1. The van der Waals surface area contributed by atoms with E-state index in [1.807, 2.05) is 11.0 Å². The van der Waals surface area contributed by atoms with Crippen molar-refractivity contribution in [2.24, 2.45) is 0 Å². The van der Waals surface area contributed by atoms with Gasteiger partial charge in [-0.2, -0.15) is 0 Å². The molecule has 1 N–H and O–H groups in total. The predicted octanol–water partition coefficient (Wildman–Crippen LogP) is 1.60. The molecule has 0 atom stereocenters. The lowest BCUT2D eigenvalue weighted by Gasteiger charge is -2.22. The number of rotatable bonds is 9. The molecule has 4 nitrogen and oxygen atoms in total. The van der Waals surface area contributed by atoms with Crippen LogP contribution in [0, 0.1) is 5.82 Å². The molecule has 1 aromatic rings. The van der Waals surface area contributed by atoms with E-state index < -0.39 is 0 Å². The Labute approximate surface area is 125 Å². The van der Waals surface area contributed by atoms with E-state index >= 15 is 0 Å². The number of nitrogens with one attached hydrogen (secondary N) is 1. The minimum Gasteiger partial charge on any atom is -0.383 e. The summed E-state index contributed by atoms with van der Waals surface area (Å²) in [6.07, 6.45) is 2.85. The zero-order valence-electron chi connectivity index (χ0n) is 12.5. The minimum absolute atomic E-state index is 0.116. The molecule has 0 saturated heterocycles. The molecule has 0 unspecified atom stereocenters. The van der Waals surface area contributed by atoms with Crippen molar-refractivity contribution in [3.05, 3.63) is 35.6 Å². The van der Waals surface area contributed by atoms with E-state index in [0.29, 0.717) is 38.7 Å². The number of nitrogens with zero attached hydrogens (tertiary/aromatic N) is 1. The van der Waals surface area contributed by atoms with Crippen molar-refractivity contribution in [3.8, 4) is 0 Å². The second-order valence-corrected chi connectivity index (χ2v) is 5.37. The highest BCUT2D eigenvalue weighted by Crippen LogP contribution is 2.27. The van der Waals surface area contributed by atoms with Gasteiger partial charge in [0.05, 0.1) is 13.2 Å². The molecule has 0 heterocycles. The van der Waals surface area contributed by atoms with Crippen LogP contribution in [0.2, 0.25) is 0 Å². The molecule has 1 saturated carbocycles. The molecule has 2 rings (SSSR count). The van der Waals surface area contributed by atoms with E-state index in [9.17, 15) is 9.18 Å². The van der Waals surface area contributed by atoms with E-state index in [1.165, 1.54) is 12.1 Å². The van der Waals surface area contributed by atoms with Gasteiger partial charge in [-0.25, -0.2) is 4.39 Å². The van der Waals surface area contributed by atoms with Crippen LogP contribution in [0.25, 0.3) is 0 Å². The summed E-state index contributed by atoms with van der Waals surface area (Å²) in [5.74, 6) is -0.108. The quantitative estimate of drug-likeness (QED) is 0.703. The van der Waals surface area contributed by atoms with Gasteiger partial charge in [0.2, 0.25) is 5.91 Å². The first-order chi connectivity index (χ1) is 10.2. The van der Waals surface area contributed by atoms with Gasteiger partial charge in [0.15, 0.2) is 0 Å². The molecule has 116 valence electrons. The van der Waals surface area contributed by atoms with Gasteiger partial charge in [-0.05, 0) is 37.0 Å². The maximum absolute atomic E-state index is 13.2. The van der Waals surface area contributed by atoms with Crippen LogP contribution in [-0.2, 0) is 16.0 Å². The Kier molecular flexibility index (Phi) is 6.14. The second kappa shape index (κ2) is 8.10. The van der Waals surface area contributed by atoms with Crippen LogP contribution in [0.1, 0.15) is 18.4 Å². The lowest BCUT2D eigenvalue weighted by molar-refractivity contribution is -0.130. The summed E-state index contributed by atoms with van der Waals surface area (Å²) >= 11 is 0. The zero-order chi connectivity index (χ0) is 15.1. The Morgan fingerprint density at radius 3 is 2.95 bits per heavy atom. The Balaban J connectivity index is 1.80. The first kappa shape index (κ1) is 15.9. The zero-order valence-corrected chi connectivity index (χ0v) is 12.5. The van der Waals surface area contributed by atoms with E-state index in [4.69, 9.17) is 4.74 Å². The van der Waals surface area contributed by atoms with Crippen molar-refractivity contribution in [2.45, 2.75) is 25.3 Å². The highest BCUT2D eigenvalue weighted by molar-refractivity contribution is 5.79. The lowest BCUT2D eigenvalue weighted by Crippen LogP contribution is -2.41. The number of amides is 1. The van der Waals surface area contributed by atoms with Gasteiger partial charge in [0, 0.05) is 26.2 Å². The average molecular weight is 294 g/mol. The van der Waals surface area contributed by atoms with E-state index in [2.05, 4.69) is 5.32 Å². The highest BCUT2D eigenvalue weighted by Gasteiger charge is 2.31. The molecule has 0 spiro atoms. The average Bonchev–Trinajstić information content (AvgIpc) is 3.29. The molecule has 0 bridgehead atoms. The number of methoxy groups -OCH3 is 1. The van der Waals surface area contributed by atoms with E-state index in [1.54, 1.807) is 13.2 Å². The summed E-state index contributed by atoms with van der Waals surface area (Å²) in [5, 5.41) is 3.08. The van der Waals surface area contributed by atoms with Crippen molar-refractivity contribution in [2.75, 3.05) is 33.4 Å². The molecular weight excluding hydrogens is 271 g/mol. The largest absolute Gasteiger partial charge is 0.383 e. The number of hydrogen-bond acceptors (Lipinski definition) is 3. The van der Waals surface area contributed by atoms with Gasteiger partial charge >= 0.3 is 0 Å². The molecule has 1 aliphatic carbocycles. The van der Waals surface area contributed by atoms with Crippen LogP contribution in [-0.4, -0.2) is 50.2 Å². The van der Waals surface area contributed by atoms with Crippen molar-refractivity contribution < 1.29 is 13.9 Å². The van der Waals surface area contributed by atoms with Gasteiger partial charge in [-0.1, -0.05) is 12.1 Å². The van der Waals surface area contributed by atoms with Crippen LogP contribution in [0.5, 0.6) is 0 Å². The van der Waals surface area contributed by atoms with Crippen LogP contribution in [0.3, 0.4) is 0 Å². The minimum atomic E-state index is -0.224. The second-order valence-electron chi connectivity index (χ2n) is 5.37. The summed E-state index contributed by atoms with van der Waals surface area (Å²) in [4.78, 5) is 14.1. The van der Waals surface area contributed by atoms with Gasteiger partial charge in [-0.15, -0.1) is 0 Å². The fraction of sp³-hybridized carbons (Fsp3) is 0.562. The molecule has 1 amide bonds. The molecule has 1 aromatic carbocycles. The molecule has 0 aromatic heterocycles. The number of hydrogen-bond donors (Lipinski definition) is 1. The van der Waals surface area contributed by atoms with Gasteiger partial charge in [0.25, 0.3) is 0 Å². The Hall–Kier alpha value is -1.46. The van der Waals surface area contributed by atoms with Gasteiger partial charge in [0.1, 0.15) is 5.82 Å². The number of ether oxygens (including phenoxy) is 1. The predicted molar refractivity (Wildman–Crippen MR) is 79.6 cm³/mol. The maximum Gasteiger partial charge on any atom is 0.236 e. The SMILES string of the molecule is COCCNCC(=O)N(CCc1cccc(F)c1)C1CC1. The summed E-state index contributed by atoms with van der Waals surface area (Å²) in [6.45, 7) is 2.26. The molecule has 0 radical (unpaired) electrons. The third kappa shape index (κ3) is 5.44. The number of carbonyl (C=O) groups excluding carboxylic acids is 1. The summed E-state index contributed by atoms with van der Waals surface area (Å²) in [7, 11) is 1.64. The van der Waals surface area contributed by atoms with Crippen molar-refractivity contribution in [3.63, 3.8) is 0 Å².